The van der Waals surface area contributed by atoms with Crippen molar-refractivity contribution in [2.45, 2.75) is 24.9 Å². The molecule has 1 aliphatic heterocycles. The Morgan fingerprint density at radius 2 is 1.88 bits per heavy atom. The minimum absolute atomic E-state index is 0.191. The smallest absolute Gasteiger partial charge is 0.236 e. The lowest BCUT2D eigenvalue weighted by atomic mass is 10.1. The summed E-state index contributed by atoms with van der Waals surface area (Å²) in [4.78, 5) is 9.15. The summed E-state index contributed by atoms with van der Waals surface area (Å²) in [6.07, 6.45) is 0.569. The molecule has 0 amide bonds. The maximum Gasteiger partial charge on any atom is 0.417 e. The van der Waals surface area contributed by atoms with Crippen LogP contribution >= 0.6 is 22.5 Å². The van der Waals surface area contributed by atoms with Crippen LogP contribution in [-0.2, 0) is 6.18 Å². The minimum Gasteiger partial charge on any atom is -0.236 e. The second kappa shape index (κ2) is 6.84. The van der Waals surface area contributed by atoms with Gasteiger partial charge in [0.25, 0.3) is 0 Å². The maximum atomic E-state index is 13.7. The van der Waals surface area contributed by atoms with Crippen LogP contribution in [0.1, 0.15) is 19.4 Å². The number of halogens is 4. The first kappa shape index (κ1) is 18.0. The molecule has 2 heterocycles. The Hall–Kier alpha value is -1.79. The molecule has 132 valence electrons. The summed E-state index contributed by atoms with van der Waals surface area (Å²) in [6.45, 7) is 4.00. The van der Waals surface area contributed by atoms with Gasteiger partial charge in [-0.05, 0) is 28.4 Å². The van der Waals surface area contributed by atoms with Crippen molar-refractivity contribution >= 4 is 22.5 Å². The van der Waals surface area contributed by atoms with E-state index in [1.54, 1.807) is 12.1 Å². The predicted molar refractivity (Wildman–Crippen MR) is 96.8 cm³/mol. The van der Waals surface area contributed by atoms with Gasteiger partial charge in [-0.15, -0.1) is 0 Å². The summed E-state index contributed by atoms with van der Waals surface area (Å²) >= 11 is 5.83. The third-order valence-electron chi connectivity index (χ3n) is 3.86. The molecule has 0 fully saturated rings. The summed E-state index contributed by atoms with van der Waals surface area (Å²) < 4.78 is 41.1. The largest absolute Gasteiger partial charge is 0.417 e. The number of allylic oxidation sites excluding steroid dienone is 3. The van der Waals surface area contributed by atoms with Gasteiger partial charge in [-0.3, -0.25) is 0 Å². The quantitative estimate of drug-likeness (QED) is 0.500. The fraction of sp³-hybridized carbons (Fsp3) is 0.222. The number of rotatable bonds is 3. The maximum absolute atomic E-state index is 13.7. The van der Waals surface area contributed by atoms with Crippen LogP contribution in [0.15, 0.2) is 58.0 Å². The van der Waals surface area contributed by atoms with Gasteiger partial charge in [-0.2, -0.15) is 24.1 Å². The Labute approximate surface area is 151 Å². The van der Waals surface area contributed by atoms with E-state index in [2.05, 4.69) is 9.97 Å². The lowest BCUT2D eigenvalue weighted by Gasteiger charge is -2.25. The average Bonchev–Trinajstić information content (AvgIpc) is 3.03. The van der Waals surface area contributed by atoms with Gasteiger partial charge in [-0.25, -0.2) is 9.97 Å². The second-order valence-electron chi connectivity index (χ2n) is 5.91. The Morgan fingerprint density at radius 1 is 1.12 bits per heavy atom. The standard InChI is InChI=1S/C18H16ClF3N2S/c1-11(2)15-4-3-7-25(15)16-6-5-12(8-13(16)18(20,21)22)14-9-17(19)24-10-23-14/h3-11,25H,1-2H3. The summed E-state index contributed by atoms with van der Waals surface area (Å²) in [6, 6.07) is 5.83. The molecule has 2 nitrogen and oxygen atoms in total. The van der Waals surface area contributed by atoms with Crippen LogP contribution in [0, 0.1) is 5.92 Å². The molecule has 1 aliphatic rings. The fourth-order valence-corrected chi connectivity index (χ4v) is 5.21. The highest BCUT2D eigenvalue weighted by Gasteiger charge is 2.36. The monoisotopic (exact) mass is 384 g/mol. The molecule has 7 heteroatoms. The number of nitrogens with zero attached hydrogens (tertiary/aromatic N) is 2. The van der Waals surface area contributed by atoms with Crippen LogP contribution < -0.4 is 0 Å². The van der Waals surface area contributed by atoms with Crippen molar-refractivity contribution < 1.29 is 13.2 Å². The summed E-state index contributed by atoms with van der Waals surface area (Å²) in [5.41, 5.74) is 0.115. The first-order valence-corrected chi connectivity index (χ1v) is 9.43. The summed E-state index contributed by atoms with van der Waals surface area (Å²) in [5.74, 6) is 0.197. The van der Waals surface area contributed by atoms with Crippen LogP contribution in [0.5, 0.6) is 0 Å². The molecule has 1 aromatic carbocycles. The number of benzene rings is 1. The molecular formula is C18H16ClF3N2S. The van der Waals surface area contributed by atoms with E-state index in [1.807, 2.05) is 31.4 Å². The number of aromatic nitrogens is 2. The SMILES string of the molecule is CC(C)C1=CC=C[SH]1c1ccc(-c2cc(Cl)ncn2)cc1C(F)(F)F. The van der Waals surface area contributed by atoms with E-state index < -0.39 is 22.6 Å². The first-order chi connectivity index (χ1) is 11.8. The lowest BCUT2D eigenvalue weighted by Crippen LogP contribution is -2.09. The van der Waals surface area contributed by atoms with Crippen LogP contribution in [0.2, 0.25) is 5.15 Å². The van der Waals surface area contributed by atoms with E-state index in [4.69, 9.17) is 11.6 Å². The van der Waals surface area contributed by atoms with E-state index in [0.717, 1.165) is 11.0 Å². The zero-order valence-electron chi connectivity index (χ0n) is 13.5. The van der Waals surface area contributed by atoms with Gasteiger partial charge >= 0.3 is 6.18 Å². The Bertz CT molecular complexity index is 860. The molecule has 1 unspecified atom stereocenters. The highest BCUT2D eigenvalue weighted by molar-refractivity contribution is 8.23. The third kappa shape index (κ3) is 3.75. The average molecular weight is 385 g/mol. The second-order valence-corrected chi connectivity index (χ2v) is 8.34. The van der Waals surface area contributed by atoms with E-state index in [0.29, 0.717) is 16.2 Å². The molecular weight excluding hydrogens is 369 g/mol. The van der Waals surface area contributed by atoms with Crippen molar-refractivity contribution in [2.75, 3.05) is 0 Å². The van der Waals surface area contributed by atoms with Crippen LogP contribution in [0.25, 0.3) is 11.3 Å². The number of alkyl halides is 3. The topological polar surface area (TPSA) is 25.8 Å². The number of hydrogen-bond donors (Lipinski definition) is 1. The molecule has 2 aromatic rings. The van der Waals surface area contributed by atoms with Gasteiger partial charge in [0.2, 0.25) is 0 Å². The Morgan fingerprint density at radius 3 is 2.52 bits per heavy atom. The Kier molecular flexibility index (Phi) is 4.93. The molecule has 1 atom stereocenters. The van der Waals surface area contributed by atoms with Crippen molar-refractivity contribution in [1.29, 1.82) is 0 Å². The normalized spacial score (nSPS) is 18.7. The van der Waals surface area contributed by atoms with Gasteiger partial charge < -0.3 is 0 Å². The first-order valence-electron chi connectivity index (χ1n) is 7.64. The Balaban J connectivity index is 2.12. The number of hydrogen-bond acceptors (Lipinski definition) is 2. The van der Waals surface area contributed by atoms with E-state index in [9.17, 15) is 13.2 Å². The van der Waals surface area contributed by atoms with Crippen molar-refractivity contribution in [3.63, 3.8) is 0 Å². The van der Waals surface area contributed by atoms with E-state index in [1.165, 1.54) is 12.4 Å². The van der Waals surface area contributed by atoms with Gasteiger partial charge in [0, 0.05) is 16.5 Å². The molecule has 0 spiro atoms. The van der Waals surface area contributed by atoms with Crippen molar-refractivity contribution in [1.82, 2.24) is 9.97 Å². The van der Waals surface area contributed by atoms with Gasteiger partial charge in [0.05, 0.1) is 11.3 Å². The van der Waals surface area contributed by atoms with E-state index in [-0.39, 0.29) is 11.1 Å². The fourth-order valence-electron chi connectivity index (χ4n) is 2.71. The zero-order valence-corrected chi connectivity index (χ0v) is 15.2. The minimum atomic E-state index is -4.44. The summed E-state index contributed by atoms with van der Waals surface area (Å²) in [7, 11) is -1.11. The van der Waals surface area contributed by atoms with Gasteiger partial charge in [0.15, 0.2) is 0 Å². The van der Waals surface area contributed by atoms with Crippen molar-refractivity contribution in [3.8, 4) is 11.3 Å². The molecule has 0 radical (unpaired) electrons. The highest BCUT2D eigenvalue weighted by atomic mass is 35.5. The van der Waals surface area contributed by atoms with E-state index >= 15 is 0 Å². The van der Waals surface area contributed by atoms with Gasteiger partial charge in [0.1, 0.15) is 11.5 Å². The van der Waals surface area contributed by atoms with Crippen LogP contribution in [0.3, 0.4) is 0 Å². The molecule has 0 N–H and O–H groups in total. The summed E-state index contributed by atoms with van der Waals surface area (Å²) in [5, 5.41) is 2.06. The van der Waals surface area contributed by atoms with Crippen molar-refractivity contribution in [2.24, 2.45) is 5.92 Å². The molecule has 25 heavy (non-hydrogen) atoms. The van der Waals surface area contributed by atoms with Crippen LogP contribution in [0.4, 0.5) is 13.2 Å². The van der Waals surface area contributed by atoms with Crippen molar-refractivity contribution in [3.05, 3.63) is 63.8 Å². The highest BCUT2D eigenvalue weighted by Crippen LogP contribution is 2.55. The molecule has 0 saturated heterocycles. The van der Waals surface area contributed by atoms with Crippen LogP contribution in [-0.4, -0.2) is 9.97 Å². The molecule has 0 bridgehead atoms. The molecule has 3 rings (SSSR count). The predicted octanol–water partition coefficient (Wildman–Crippen LogP) is 6.24. The molecule has 0 aliphatic carbocycles. The molecule has 0 saturated carbocycles. The number of thiol groups is 1. The van der Waals surface area contributed by atoms with Gasteiger partial charge in [-0.1, -0.05) is 43.7 Å². The third-order valence-corrected chi connectivity index (χ3v) is 6.67. The lowest BCUT2D eigenvalue weighted by molar-refractivity contribution is -0.139. The molecule has 1 aromatic heterocycles. The zero-order chi connectivity index (χ0) is 18.2.